The lowest BCUT2D eigenvalue weighted by Gasteiger charge is -2.26. The number of sulfonamides is 1. The van der Waals surface area contributed by atoms with E-state index in [0.29, 0.717) is 6.54 Å². The first-order chi connectivity index (χ1) is 8.46. The Labute approximate surface area is 107 Å². The number of phenolic OH excluding ortho intramolecular Hbond substituents is 1. The highest BCUT2D eigenvalue weighted by atomic mass is 32.2. The number of benzene rings is 1. The molecule has 18 heavy (non-hydrogen) atoms. The van der Waals surface area contributed by atoms with Gasteiger partial charge in [-0.25, -0.2) is 13.6 Å². The predicted molar refractivity (Wildman–Crippen MR) is 69.8 cm³/mol. The Bertz CT molecular complexity index is 528. The van der Waals surface area contributed by atoms with Gasteiger partial charge in [-0.05, 0) is 42.5 Å². The second-order valence-electron chi connectivity index (χ2n) is 4.65. The number of nitrogens with one attached hydrogen (secondary N) is 1. The molecule has 6 heteroatoms. The first kappa shape index (κ1) is 13.3. The Hall–Kier alpha value is -1.11. The van der Waals surface area contributed by atoms with Crippen LogP contribution in [0, 0.1) is 0 Å². The molecular weight excluding hydrogens is 252 g/mol. The maximum atomic E-state index is 10.9. The first-order valence-electron chi connectivity index (χ1n) is 6.01. The number of phenols is 1. The molecule has 1 aromatic carbocycles. The molecule has 0 spiro atoms. The van der Waals surface area contributed by atoms with Crippen molar-refractivity contribution in [2.75, 3.05) is 12.3 Å². The molecular formula is C12H18N2O3S. The Morgan fingerprint density at radius 1 is 1.44 bits per heavy atom. The fourth-order valence-corrected chi connectivity index (χ4v) is 2.78. The smallest absolute Gasteiger partial charge is 0.210 e. The van der Waals surface area contributed by atoms with E-state index in [9.17, 15) is 13.5 Å². The number of hydrogen-bond donors (Lipinski definition) is 3. The van der Waals surface area contributed by atoms with Gasteiger partial charge in [-0.2, -0.15) is 0 Å². The van der Waals surface area contributed by atoms with E-state index in [0.717, 1.165) is 24.8 Å². The summed E-state index contributed by atoms with van der Waals surface area (Å²) in [6.07, 6.45) is 3.01. The van der Waals surface area contributed by atoms with Crippen LogP contribution >= 0.6 is 0 Å². The largest absolute Gasteiger partial charge is 0.508 e. The molecule has 2 rings (SSSR count). The zero-order valence-electron chi connectivity index (χ0n) is 10.1. The molecule has 1 aliphatic carbocycles. The summed E-state index contributed by atoms with van der Waals surface area (Å²) in [5.41, 5.74) is 2.28. The number of fused-ring (bicyclic) bond motifs is 1. The highest BCUT2D eigenvalue weighted by Crippen LogP contribution is 2.31. The lowest BCUT2D eigenvalue weighted by atomic mass is 9.87. The Kier molecular flexibility index (Phi) is 3.89. The summed E-state index contributed by atoms with van der Waals surface area (Å²) in [7, 11) is -3.42. The van der Waals surface area contributed by atoms with Gasteiger partial charge in [-0.1, -0.05) is 6.07 Å². The second kappa shape index (κ2) is 5.26. The molecule has 0 bridgehead atoms. The number of nitrogens with two attached hydrogens (primary N) is 1. The van der Waals surface area contributed by atoms with Crippen LogP contribution < -0.4 is 10.5 Å². The SMILES string of the molecule is NS(=O)(=O)CCNC1CCCc2ccc(O)cc21. The summed E-state index contributed by atoms with van der Waals surface area (Å²) in [5.74, 6) is 0.173. The van der Waals surface area contributed by atoms with Gasteiger partial charge in [0.15, 0.2) is 0 Å². The van der Waals surface area contributed by atoms with Crippen LogP contribution in [0.25, 0.3) is 0 Å². The van der Waals surface area contributed by atoms with E-state index in [2.05, 4.69) is 5.32 Å². The third-order valence-electron chi connectivity index (χ3n) is 3.22. The first-order valence-corrected chi connectivity index (χ1v) is 7.73. The van der Waals surface area contributed by atoms with Gasteiger partial charge < -0.3 is 10.4 Å². The van der Waals surface area contributed by atoms with Crippen LogP contribution in [0.15, 0.2) is 18.2 Å². The molecule has 0 radical (unpaired) electrons. The van der Waals surface area contributed by atoms with Crippen LogP contribution in [0.5, 0.6) is 5.75 Å². The van der Waals surface area contributed by atoms with Crippen molar-refractivity contribution in [2.24, 2.45) is 5.14 Å². The lowest BCUT2D eigenvalue weighted by Crippen LogP contribution is -2.31. The number of aromatic hydroxyl groups is 1. The van der Waals surface area contributed by atoms with Gasteiger partial charge in [-0.15, -0.1) is 0 Å². The molecule has 0 saturated carbocycles. The average Bonchev–Trinajstić information content (AvgIpc) is 2.28. The van der Waals surface area contributed by atoms with Crippen LogP contribution in [-0.2, 0) is 16.4 Å². The van der Waals surface area contributed by atoms with Crippen LogP contribution in [0.4, 0.5) is 0 Å². The van der Waals surface area contributed by atoms with Gasteiger partial charge in [0, 0.05) is 12.6 Å². The maximum Gasteiger partial charge on any atom is 0.210 e. The molecule has 0 aromatic heterocycles. The van der Waals surface area contributed by atoms with Crippen molar-refractivity contribution in [3.8, 4) is 5.75 Å². The highest BCUT2D eigenvalue weighted by Gasteiger charge is 2.20. The number of aryl methyl sites for hydroxylation is 1. The molecule has 0 amide bonds. The van der Waals surface area contributed by atoms with Crippen molar-refractivity contribution >= 4 is 10.0 Å². The molecule has 0 heterocycles. The minimum atomic E-state index is -3.42. The highest BCUT2D eigenvalue weighted by molar-refractivity contribution is 7.89. The molecule has 1 aliphatic rings. The maximum absolute atomic E-state index is 10.9. The van der Waals surface area contributed by atoms with Gasteiger partial charge in [0.1, 0.15) is 5.75 Å². The standard InChI is InChI=1S/C12H18N2O3S/c13-18(16,17)7-6-14-12-3-1-2-9-4-5-10(15)8-11(9)12/h4-5,8,12,14-15H,1-3,6-7H2,(H2,13,16,17). The van der Waals surface area contributed by atoms with Crippen LogP contribution in [0.1, 0.15) is 30.0 Å². The van der Waals surface area contributed by atoms with E-state index < -0.39 is 10.0 Å². The van der Waals surface area contributed by atoms with Gasteiger partial charge in [-0.3, -0.25) is 0 Å². The fourth-order valence-electron chi connectivity index (χ4n) is 2.37. The summed E-state index contributed by atoms with van der Waals surface area (Å²) >= 11 is 0. The number of rotatable bonds is 4. The summed E-state index contributed by atoms with van der Waals surface area (Å²) in [5, 5.41) is 17.7. The zero-order chi connectivity index (χ0) is 13.2. The summed E-state index contributed by atoms with van der Waals surface area (Å²) < 4.78 is 21.7. The van der Waals surface area contributed by atoms with E-state index in [-0.39, 0.29) is 17.5 Å². The Morgan fingerprint density at radius 3 is 2.94 bits per heavy atom. The molecule has 5 nitrogen and oxygen atoms in total. The van der Waals surface area contributed by atoms with E-state index in [1.54, 1.807) is 12.1 Å². The molecule has 1 aromatic rings. The zero-order valence-corrected chi connectivity index (χ0v) is 10.9. The molecule has 4 N–H and O–H groups in total. The van der Waals surface area contributed by atoms with Crippen LogP contribution in [0.3, 0.4) is 0 Å². The van der Waals surface area contributed by atoms with Crippen LogP contribution in [-0.4, -0.2) is 25.8 Å². The lowest BCUT2D eigenvalue weighted by molar-refractivity contribution is 0.452. The van der Waals surface area contributed by atoms with Gasteiger partial charge >= 0.3 is 0 Å². The monoisotopic (exact) mass is 270 g/mol. The molecule has 100 valence electrons. The van der Waals surface area contributed by atoms with Gasteiger partial charge in [0.25, 0.3) is 0 Å². The summed E-state index contributed by atoms with van der Waals surface area (Å²) in [4.78, 5) is 0. The number of hydrogen-bond acceptors (Lipinski definition) is 4. The third kappa shape index (κ3) is 3.44. The molecule has 0 saturated heterocycles. The van der Waals surface area contributed by atoms with Crippen molar-refractivity contribution in [1.29, 1.82) is 0 Å². The quantitative estimate of drug-likeness (QED) is 0.749. The molecule has 0 fully saturated rings. The molecule has 1 unspecified atom stereocenters. The van der Waals surface area contributed by atoms with E-state index in [1.165, 1.54) is 5.56 Å². The van der Waals surface area contributed by atoms with E-state index >= 15 is 0 Å². The molecule has 1 atom stereocenters. The van der Waals surface area contributed by atoms with Gasteiger partial charge in [0.05, 0.1) is 5.75 Å². The minimum absolute atomic E-state index is 0.0718. The van der Waals surface area contributed by atoms with Crippen molar-refractivity contribution in [3.63, 3.8) is 0 Å². The normalized spacial score (nSPS) is 19.5. The fraction of sp³-hybridized carbons (Fsp3) is 0.500. The topological polar surface area (TPSA) is 92.4 Å². The Morgan fingerprint density at radius 2 is 2.22 bits per heavy atom. The van der Waals surface area contributed by atoms with Crippen molar-refractivity contribution in [1.82, 2.24) is 5.32 Å². The second-order valence-corrected chi connectivity index (χ2v) is 6.38. The van der Waals surface area contributed by atoms with Crippen molar-refractivity contribution in [2.45, 2.75) is 25.3 Å². The summed E-state index contributed by atoms with van der Waals surface area (Å²) in [6, 6.07) is 5.47. The van der Waals surface area contributed by atoms with E-state index in [4.69, 9.17) is 5.14 Å². The minimum Gasteiger partial charge on any atom is -0.508 e. The van der Waals surface area contributed by atoms with Crippen LogP contribution in [0.2, 0.25) is 0 Å². The van der Waals surface area contributed by atoms with Crippen molar-refractivity contribution < 1.29 is 13.5 Å². The number of primary sulfonamides is 1. The van der Waals surface area contributed by atoms with Crippen molar-refractivity contribution in [3.05, 3.63) is 29.3 Å². The summed E-state index contributed by atoms with van der Waals surface area (Å²) in [6.45, 7) is 0.332. The van der Waals surface area contributed by atoms with Gasteiger partial charge in [0.2, 0.25) is 10.0 Å². The molecule has 0 aliphatic heterocycles. The Balaban J connectivity index is 2.05. The predicted octanol–water partition coefficient (Wildman–Crippen LogP) is 0.648. The average molecular weight is 270 g/mol. The third-order valence-corrected chi connectivity index (χ3v) is 3.99. The van der Waals surface area contributed by atoms with E-state index in [1.807, 2.05) is 6.07 Å².